The van der Waals surface area contributed by atoms with E-state index >= 15 is 0 Å². The van der Waals surface area contributed by atoms with E-state index in [1.54, 1.807) is 0 Å². The maximum absolute atomic E-state index is 6.15. The highest BCUT2D eigenvalue weighted by Crippen LogP contribution is 2.40. The lowest BCUT2D eigenvalue weighted by atomic mass is 10.1. The highest BCUT2D eigenvalue weighted by atomic mass is 79.9. The quantitative estimate of drug-likeness (QED) is 0.173. The molecule has 0 saturated heterocycles. The zero-order chi connectivity index (χ0) is 53.9. The monoisotopic (exact) mass is 1170 g/mol. The number of hydrogen-bond acceptors (Lipinski definition) is 3. The summed E-state index contributed by atoms with van der Waals surface area (Å²) >= 11 is 7.08. The lowest BCUT2D eigenvalue weighted by Crippen LogP contribution is -1.95. The van der Waals surface area contributed by atoms with Gasteiger partial charge in [-0.25, -0.2) is 0 Å². The third-order valence-corrected chi connectivity index (χ3v) is 16.9. The Balaban J connectivity index is 0.000000112. The molecule has 0 radical (unpaired) electrons. The second-order valence-corrected chi connectivity index (χ2v) is 22.4. The van der Waals surface area contributed by atoms with Crippen molar-refractivity contribution in [2.75, 3.05) is 5.73 Å². The number of anilines is 1. The minimum absolute atomic E-state index is 0.755. The second kappa shape index (κ2) is 18.7. The van der Waals surface area contributed by atoms with Gasteiger partial charge in [-0.2, -0.15) is 0 Å². The molecule has 18 aromatic rings. The topological polar surface area (TPSA) is 82.9 Å². The molecule has 0 aliphatic rings. The van der Waals surface area contributed by atoms with Gasteiger partial charge in [0.05, 0.1) is 33.1 Å². The molecule has 12 aromatic carbocycles. The van der Waals surface area contributed by atoms with Crippen molar-refractivity contribution in [3.63, 3.8) is 0 Å². The van der Waals surface area contributed by atoms with E-state index in [9.17, 15) is 0 Å². The first-order chi connectivity index (χ1) is 39.9. The first-order valence-corrected chi connectivity index (χ1v) is 28.5. The SMILES string of the molecule is Brc1ccc2oc3ccc(-n4c5ccccc5c5cc(-n6c7ccccc7c7ccccc76)ccc54)cc3c2c1.Nc1ccc2oc3ccc(Br)cc3c2c1.c1ccc2c(c1)[nH]c1ccc(-n3c4ccccc4c4ccccc43)cc12. The lowest BCUT2D eigenvalue weighted by Gasteiger charge is -2.10. The van der Waals surface area contributed by atoms with Crippen LogP contribution >= 0.6 is 31.9 Å². The van der Waals surface area contributed by atoms with Gasteiger partial charge < -0.3 is 33.3 Å². The molecule has 18 rings (SSSR count). The first-order valence-electron chi connectivity index (χ1n) is 26.9. The maximum Gasteiger partial charge on any atom is 0.135 e. The maximum atomic E-state index is 6.15. The average molecular weight is 1170 g/mol. The summed E-state index contributed by atoms with van der Waals surface area (Å²) in [6.45, 7) is 0. The summed E-state index contributed by atoms with van der Waals surface area (Å²) in [4.78, 5) is 3.52. The van der Waals surface area contributed by atoms with Crippen molar-refractivity contribution in [1.82, 2.24) is 18.7 Å². The summed E-state index contributed by atoms with van der Waals surface area (Å²) in [6, 6.07) is 89.7. The Morgan fingerprint density at radius 1 is 0.272 bits per heavy atom. The number of halogens is 2. The van der Waals surface area contributed by atoms with Crippen LogP contribution in [0.2, 0.25) is 0 Å². The second-order valence-electron chi connectivity index (χ2n) is 20.6. The van der Waals surface area contributed by atoms with Gasteiger partial charge in [0.25, 0.3) is 0 Å². The van der Waals surface area contributed by atoms with E-state index in [1.165, 1.54) is 92.9 Å². The summed E-state index contributed by atoms with van der Waals surface area (Å²) in [6.07, 6.45) is 0. The predicted molar refractivity (Wildman–Crippen MR) is 346 cm³/mol. The molecule has 384 valence electrons. The zero-order valence-electron chi connectivity index (χ0n) is 43.2. The van der Waals surface area contributed by atoms with Gasteiger partial charge in [-0.05, 0) is 146 Å². The third kappa shape index (κ3) is 7.68. The molecule has 0 bridgehead atoms. The molecule has 81 heavy (non-hydrogen) atoms. The number of nitrogens with one attached hydrogen (secondary N) is 1. The van der Waals surface area contributed by atoms with Gasteiger partial charge in [-0.1, -0.05) is 141 Å². The fraction of sp³-hybridized carbons (Fsp3) is 0. The van der Waals surface area contributed by atoms with E-state index in [-0.39, 0.29) is 0 Å². The number of fused-ring (bicyclic) bond motifs is 18. The number of H-pyrrole nitrogens is 1. The van der Waals surface area contributed by atoms with Crippen molar-refractivity contribution in [3.05, 3.63) is 264 Å². The van der Waals surface area contributed by atoms with Crippen LogP contribution in [0.1, 0.15) is 0 Å². The van der Waals surface area contributed by atoms with Crippen LogP contribution in [0.25, 0.3) is 148 Å². The van der Waals surface area contributed by atoms with Gasteiger partial charge in [0.1, 0.15) is 22.3 Å². The normalized spacial score (nSPS) is 11.9. The smallest absolute Gasteiger partial charge is 0.135 e. The van der Waals surface area contributed by atoms with Crippen LogP contribution in [0.4, 0.5) is 5.69 Å². The van der Waals surface area contributed by atoms with Crippen LogP contribution in [-0.4, -0.2) is 18.7 Å². The van der Waals surface area contributed by atoms with E-state index in [0.717, 1.165) is 69.9 Å². The molecule has 0 unspecified atom stereocenters. The Labute approximate surface area is 479 Å². The number of nitrogens with zero attached hydrogens (tertiary/aromatic N) is 3. The van der Waals surface area contributed by atoms with Gasteiger partial charge in [-0.15, -0.1) is 0 Å². The highest BCUT2D eigenvalue weighted by Gasteiger charge is 2.19. The van der Waals surface area contributed by atoms with E-state index in [4.69, 9.17) is 14.6 Å². The predicted octanol–water partition coefficient (Wildman–Crippen LogP) is 20.9. The molecule has 9 heteroatoms. The molecular weight excluding hydrogens is 1130 g/mol. The fourth-order valence-corrected chi connectivity index (χ4v) is 13.1. The standard InChI is InChI=1S/C36H21BrN2O.C24H16N2.C12H8BrNO/c37-22-13-17-35-29(19-22)30-21-24(15-18-36(30)40-35)39-33-12-6-3-9-27(33)28-20-23(14-16-34(28)39)38-31-10-4-1-7-25(31)26-8-2-5-11-32(26)38;1-4-10-21-17(7-1)20-15-16(13-14-22(20)25-21)26-23-11-5-2-8-18(23)19-9-3-6-12-24(19)26;13-7-1-3-11-9(5-7)10-6-8(14)2-4-12(10)15-11/h1-21H;1-15,25H;1-6H,14H2. The van der Waals surface area contributed by atoms with Crippen molar-refractivity contribution < 1.29 is 8.83 Å². The van der Waals surface area contributed by atoms with Gasteiger partial charge >= 0.3 is 0 Å². The fourth-order valence-electron chi connectivity index (χ4n) is 12.4. The number of nitrogen functional groups attached to an aromatic ring is 1. The molecule has 6 heterocycles. The number of aromatic nitrogens is 4. The minimum atomic E-state index is 0.755. The van der Waals surface area contributed by atoms with Crippen LogP contribution in [0.15, 0.2) is 273 Å². The van der Waals surface area contributed by atoms with E-state index in [2.05, 4.69) is 257 Å². The number of rotatable bonds is 3. The van der Waals surface area contributed by atoms with Gasteiger partial charge in [0.15, 0.2) is 0 Å². The molecule has 0 aliphatic carbocycles. The minimum Gasteiger partial charge on any atom is -0.456 e. The molecule has 0 saturated carbocycles. The first kappa shape index (κ1) is 47.2. The molecule has 0 aliphatic heterocycles. The van der Waals surface area contributed by atoms with Crippen LogP contribution < -0.4 is 5.73 Å². The Morgan fingerprint density at radius 2 is 0.605 bits per heavy atom. The van der Waals surface area contributed by atoms with Crippen molar-refractivity contribution in [1.29, 1.82) is 0 Å². The number of aromatic amines is 1. The van der Waals surface area contributed by atoms with E-state index in [1.807, 2.05) is 48.5 Å². The number of nitrogens with two attached hydrogens (primary N) is 1. The van der Waals surface area contributed by atoms with Crippen LogP contribution in [0.3, 0.4) is 0 Å². The molecular formula is C72H45Br2N5O2. The number of benzene rings is 12. The zero-order valence-corrected chi connectivity index (χ0v) is 46.4. The molecule has 0 atom stereocenters. The number of hydrogen-bond donors (Lipinski definition) is 2. The van der Waals surface area contributed by atoms with Crippen molar-refractivity contribution >= 4 is 169 Å². The largest absolute Gasteiger partial charge is 0.456 e. The van der Waals surface area contributed by atoms with E-state index < -0.39 is 0 Å². The van der Waals surface area contributed by atoms with Gasteiger partial charge in [-0.3, -0.25) is 0 Å². The Morgan fingerprint density at radius 3 is 1.11 bits per heavy atom. The van der Waals surface area contributed by atoms with Crippen molar-refractivity contribution in [2.24, 2.45) is 0 Å². The summed E-state index contributed by atoms with van der Waals surface area (Å²) < 4.78 is 21.0. The Bertz CT molecular complexity index is 5390. The molecule has 0 fully saturated rings. The highest BCUT2D eigenvalue weighted by molar-refractivity contribution is 9.10. The van der Waals surface area contributed by atoms with E-state index in [0.29, 0.717) is 0 Å². The average Bonchev–Trinajstić information content (AvgIpc) is 4.17. The Hall–Kier alpha value is -9.80. The molecule has 6 aromatic heterocycles. The van der Waals surface area contributed by atoms with Crippen molar-refractivity contribution in [3.8, 4) is 17.1 Å². The third-order valence-electron chi connectivity index (χ3n) is 16.0. The van der Waals surface area contributed by atoms with Gasteiger partial charge in [0.2, 0.25) is 0 Å². The number of para-hydroxylation sites is 6. The molecule has 3 N–H and O–H groups in total. The lowest BCUT2D eigenvalue weighted by molar-refractivity contribution is 0.668. The Kier molecular flexibility index (Phi) is 10.9. The van der Waals surface area contributed by atoms with Crippen molar-refractivity contribution in [2.45, 2.75) is 0 Å². The molecule has 0 spiro atoms. The van der Waals surface area contributed by atoms with Crippen LogP contribution in [0.5, 0.6) is 0 Å². The summed E-state index contributed by atoms with van der Waals surface area (Å²) in [5.74, 6) is 0. The van der Waals surface area contributed by atoms with Crippen LogP contribution in [0, 0.1) is 0 Å². The summed E-state index contributed by atoms with van der Waals surface area (Å²) in [7, 11) is 0. The number of furan rings is 2. The summed E-state index contributed by atoms with van der Waals surface area (Å²) in [5.41, 5.74) is 23.2. The van der Waals surface area contributed by atoms with Crippen LogP contribution in [-0.2, 0) is 0 Å². The summed E-state index contributed by atoms with van der Waals surface area (Å²) in [5, 5.41) is 14.5. The molecule has 7 nitrogen and oxygen atoms in total. The van der Waals surface area contributed by atoms with Gasteiger partial charge in [0, 0.05) is 107 Å². The molecule has 0 amide bonds.